The third-order valence-corrected chi connectivity index (χ3v) is 4.95. The van der Waals surface area contributed by atoms with E-state index in [4.69, 9.17) is 11.5 Å². The first-order valence-electron chi connectivity index (χ1n) is 6.13. The smallest absolute Gasteiger partial charge is 0.358 e. The minimum atomic E-state index is -1.89. The van der Waals surface area contributed by atoms with Crippen LogP contribution in [-0.4, -0.2) is 38.3 Å². The summed E-state index contributed by atoms with van der Waals surface area (Å²) in [7, 11) is 1.77. The fraction of sp³-hybridized carbons (Fsp3) is 0.667. The molecule has 3 unspecified atom stereocenters. The summed E-state index contributed by atoms with van der Waals surface area (Å²) in [6.07, 6.45) is 5.24. The largest absolute Gasteiger partial charge is 0.399 e. The third kappa shape index (κ3) is 3.41. The van der Waals surface area contributed by atoms with E-state index in [1.165, 1.54) is 0 Å². The lowest BCUT2D eigenvalue weighted by Gasteiger charge is -2.34. The molecule has 6 heteroatoms. The fourth-order valence-electron chi connectivity index (χ4n) is 2.00. The van der Waals surface area contributed by atoms with Gasteiger partial charge in [-0.2, -0.15) is 4.21 Å². The number of hydrogen-bond donors (Lipinski definition) is 3. The first-order chi connectivity index (χ1) is 8.22. The van der Waals surface area contributed by atoms with Crippen LogP contribution in [0.4, 0.5) is 0 Å². The molecule has 0 spiro atoms. The molecule has 0 aromatic carbocycles. The molecule has 0 saturated carbocycles. The lowest BCUT2D eigenvalue weighted by Crippen LogP contribution is -2.50. The SMILES string of the molecule is CC[N+](C)(CCC1(N)C=C(C)C(N)=CC1)S(=O)O. The van der Waals surface area contributed by atoms with Gasteiger partial charge in [0.25, 0.3) is 0 Å². The first kappa shape index (κ1) is 15.4. The average Bonchev–Trinajstić information content (AvgIpc) is 2.31. The zero-order valence-corrected chi connectivity index (χ0v) is 12.2. The Balaban J connectivity index is 2.72. The average molecular weight is 274 g/mol. The Morgan fingerprint density at radius 1 is 1.61 bits per heavy atom. The third-order valence-electron chi connectivity index (χ3n) is 3.76. The van der Waals surface area contributed by atoms with Gasteiger partial charge in [-0.15, -0.1) is 0 Å². The van der Waals surface area contributed by atoms with Gasteiger partial charge in [-0.25, -0.2) is 3.89 Å². The molecule has 5 nitrogen and oxygen atoms in total. The van der Waals surface area contributed by atoms with Gasteiger partial charge >= 0.3 is 11.3 Å². The molecule has 0 aromatic heterocycles. The Labute approximate surface area is 112 Å². The number of quaternary nitrogens is 1. The summed E-state index contributed by atoms with van der Waals surface area (Å²) >= 11 is -1.89. The van der Waals surface area contributed by atoms with E-state index in [-0.39, 0.29) is 3.89 Å². The van der Waals surface area contributed by atoms with Crippen LogP contribution in [0, 0.1) is 0 Å². The van der Waals surface area contributed by atoms with E-state index in [2.05, 4.69) is 0 Å². The molecule has 0 aliphatic heterocycles. The van der Waals surface area contributed by atoms with E-state index in [1.54, 1.807) is 7.05 Å². The number of hydrogen-bond acceptors (Lipinski definition) is 3. The molecule has 18 heavy (non-hydrogen) atoms. The topological polar surface area (TPSA) is 89.3 Å². The quantitative estimate of drug-likeness (QED) is 0.512. The summed E-state index contributed by atoms with van der Waals surface area (Å²) in [5.74, 6) is 0. The van der Waals surface area contributed by atoms with Gasteiger partial charge in [-0.1, -0.05) is 12.2 Å². The van der Waals surface area contributed by atoms with Gasteiger partial charge in [0.15, 0.2) is 0 Å². The van der Waals surface area contributed by atoms with Crippen molar-refractivity contribution in [3.63, 3.8) is 0 Å². The summed E-state index contributed by atoms with van der Waals surface area (Å²) in [5, 5.41) is 0. The van der Waals surface area contributed by atoms with Crippen LogP contribution in [0.1, 0.15) is 26.7 Å². The van der Waals surface area contributed by atoms with Gasteiger partial charge in [0.2, 0.25) is 0 Å². The van der Waals surface area contributed by atoms with Crippen molar-refractivity contribution in [2.75, 3.05) is 20.1 Å². The predicted octanol–water partition coefficient (Wildman–Crippen LogP) is 0.870. The van der Waals surface area contributed by atoms with Crippen LogP contribution in [0.5, 0.6) is 0 Å². The minimum Gasteiger partial charge on any atom is -0.399 e. The van der Waals surface area contributed by atoms with Crippen molar-refractivity contribution in [3.05, 3.63) is 23.4 Å². The molecule has 0 aromatic rings. The van der Waals surface area contributed by atoms with E-state index in [9.17, 15) is 8.76 Å². The van der Waals surface area contributed by atoms with E-state index in [0.29, 0.717) is 25.9 Å². The Morgan fingerprint density at radius 3 is 2.67 bits per heavy atom. The van der Waals surface area contributed by atoms with Gasteiger partial charge < -0.3 is 11.5 Å². The molecule has 0 amide bonds. The molecule has 3 atom stereocenters. The molecule has 0 radical (unpaired) electrons. The van der Waals surface area contributed by atoms with Crippen molar-refractivity contribution >= 4 is 11.3 Å². The van der Waals surface area contributed by atoms with Crippen molar-refractivity contribution < 1.29 is 12.6 Å². The Bertz CT molecular complexity index is 408. The number of allylic oxidation sites excluding steroid dienone is 1. The summed E-state index contributed by atoms with van der Waals surface area (Å²) in [6, 6.07) is 0. The van der Waals surface area contributed by atoms with Crippen molar-refractivity contribution in [1.82, 2.24) is 0 Å². The molecule has 0 bridgehead atoms. The second-order valence-corrected chi connectivity index (χ2v) is 6.58. The van der Waals surface area contributed by atoms with Crippen LogP contribution in [-0.2, 0) is 11.3 Å². The lowest BCUT2D eigenvalue weighted by atomic mass is 9.85. The molecule has 1 aliphatic rings. The van der Waals surface area contributed by atoms with Crippen molar-refractivity contribution in [2.24, 2.45) is 11.5 Å². The molecular weight excluding hydrogens is 250 g/mol. The second kappa shape index (κ2) is 5.52. The second-order valence-electron chi connectivity index (χ2n) is 5.24. The van der Waals surface area contributed by atoms with Crippen LogP contribution >= 0.6 is 0 Å². The standard InChI is InChI=1S/C12H23N3O2S/c1-4-15(3,18(16)17)8-7-12(14)6-5-11(13)10(2)9-12/h5,9H,4,6-8,13-14H2,1-3H3/p+1. The zero-order valence-electron chi connectivity index (χ0n) is 11.3. The predicted molar refractivity (Wildman–Crippen MR) is 74.5 cm³/mol. The van der Waals surface area contributed by atoms with Crippen LogP contribution in [0.2, 0.25) is 0 Å². The maximum Gasteiger partial charge on any atom is 0.358 e. The molecular formula is C12H24N3O2S+. The zero-order chi connectivity index (χ0) is 14.0. The first-order valence-corrected chi connectivity index (χ1v) is 7.19. The molecule has 1 rings (SSSR count). The van der Waals surface area contributed by atoms with Crippen LogP contribution in [0.25, 0.3) is 0 Å². The van der Waals surface area contributed by atoms with Crippen molar-refractivity contribution in [2.45, 2.75) is 32.2 Å². The van der Waals surface area contributed by atoms with E-state index >= 15 is 0 Å². The highest BCUT2D eigenvalue weighted by molar-refractivity contribution is 7.73. The van der Waals surface area contributed by atoms with Crippen LogP contribution in [0.3, 0.4) is 0 Å². The summed E-state index contributed by atoms with van der Waals surface area (Å²) in [4.78, 5) is 0. The number of nitrogens with zero attached hydrogens (tertiary/aromatic N) is 1. The fourth-order valence-corrected chi connectivity index (χ4v) is 2.47. The van der Waals surface area contributed by atoms with Gasteiger partial charge in [-0.05, 0) is 25.8 Å². The highest BCUT2D eigenvalue weighted by Crippen LogP contribution is 2.26. The molecule has 0 heterocycles. The Morgan fingerprint density at radius 2 is 2.22 bits per heavy atom. The highest BCUT2D eigenvalue weighted by Gasteiger charge is 2.33. The molecule has 1 aliphatic carbocycles. The van der Waals surface area contributed by atoms with Crippen molar-refractivity contribution in [1.29, 1.82) is 0 Å². The van der Waals surface area contributed by atoms with E-state index in [0.717, 1.165) is 11.3 Å². The normalized spacial score (nSPS) is 29.2. The van der Waals surface area contributed by atoms with Crippen LogP contribution < -0.4 is 11.5 Å². The maximum absolute atomic E-state index is 11.3. The van der Waals surface area contributed by atoms with E-state index < -0.39 is 16.8 Å². The summed E-state index contributed by atoms with van der Waals surface area (Å²) < 4.78 is 20.8. The number of nitrogens with two attached hydrogens (primary N) is 2. The highest BCUT2D eigenvalue weighted by atomic mass is 32.2. The monoisotopic (exact) mass is 274 g/mol. The summed E-state index contributed by atoms with van der Waals surface area (Å²) in [6.45, 7) is 5.00. The maximum atomic E-state index is 11.3. The Hall–Kier alpha value is -0.690. The van der Waals surface area contributed by atoms with Crippen LogP contribution in [0.15, 0.2) is 23.4 Å². The van der Waals surface area contributed by atoms with Crippen molar-refractivity contribution in [3.8, 4) is 0 Å². The van der Waals surface area contributed by atoms with Gasteiger partial charge in [0.1, 0.15) is 0 Å². The van der Waals surface area contributed by atoms with Gasteiger partial charge in [0, 0.05) is 17.7 Å². The van der Waals surface area contributed by atoms with E-state index in [1.807, 2.05) is 26.0 Å². The minimum absolute atomic E-state index is 0.102. The molecule has 5 N–H and O–H groups in total. The van der Waals surface area contributed by atoms with Gasteiger partial charge in [0.05, 0.1) is 20.1 Å². The Kier molecular flexibility index (Phi) is 4.72. The molecule has 0 fully saturated rings. The van der Waals surface area contributed by atoms with Gasteiger partial charge in [-0.3, -0.25) is 4.55 Å². The summed E-state index contributed by atoms with van der Waals surface area (Å²) in [5.41, 5.74) is 13.4. The number of rotatable bonds is 5. The molecule has 104 valence electrons. The molecule has 0 saturated heterocycles. The lowest BCUT2D eigenvalue weighted by molar-refractivity contribution is -0.783.